The zero-order valence-electron chi connectivity index (χ0n) is 16.2. The summed E-state index contributed by atoms with van der Waals surface area (Å²) in [6, 6.07) is 10.2. The Bertz CT molecular complexity index is 1010. The highest BCUT2D eigenvalue weighted by Crippen LogP contribution is 2.40. The van der Waals surface area contributed by atoms with Crippen molar-refractivity contribution in [3.8, 4) is 0 Å². The lowest BCUT2D eigenvalue weighted by Gasteiger charge is -2.27. The molecule has 0 aromatic heterocycles. The van der Waals surface area contributed by atoms with E-state index in [0.717, 1.165) is 11.1 Å². The Morgan fingerprint density at radius 3 is 2.34 bits per heavy atom. The van der Waals surface area contributed by atoms with Gasteiger partial charge in [-0.2, -0.15) is 0 Å². The Labute approximate surface area is 168 Å². The lowest BCUT2D eigenvalue weighted by molar-refractivity contribution is -0.122. The summed E-state index contributed by atoms with van der Waals surface area (Å²) in [5.74, 6) is -2.54. The van der Waals surface area contributed by atoms with E-state index in [1.165, 1.54) is 29.2 Å². The standard InChI is InChI=1S/C23H21FN2O3/c1-13-5-3-6-14(2)20(13)26-22(28)17-7-4-8-18(19(17)23(26)29)25-21(27)15-9-11-16(24)12-10-15/h3-6,8-12,17-19H,7H2,1-2H3,(H,25,27)/t17-,18-,19-/m1/s1. The van der Waals surface area contributed by atoms with Crippen LogP contribution in [0.3, 0.4) is 0 Å². The molecule has 148 valence electrons. The van der Waals surface area contributed by atoms with Crippen LogP contribution in [0, 0.1) is 31.5 Å². The largest absolute Gasteiger partial charge is 0.345 e. The van der Waals surface area contributed by atoms with Crippen LogP contribution in [-0.2, 0) is 9.59 Å². The van der Waals surface area contributed by atoms with Crippen molar-refractivity contribution in [2.24, 2.45) is 11.8 Å². The maximum Gasteiger partial charge on any atom is 0.251 e. The Morgan fingerprint density at radius 1 is 1.03 bits per heavy atom. The molecule has 4 rings (SSSR count). The zero-order chi connectivity index (χ0) is 20.7. The fourth-order valence-corrected chi connectivity index (χ4v) is 4.24. The van der Waals surface area contributed by atoms with Crippen molar-refractivity contribution in [2.75, 3.05) is 4.90 Å². The first-order valence-corrected chi connectivity index (χ1v) is 9.55. The van der Waals surface area contributed by atoms with E-state index in [4.69, 9.17) is 0 Å². The normalized spacial score (nSPS) is 23.3. The van der Waals surface area contributed by atoms with Gasteiger partial charge in [-0.1, -0.05) is 30.4 Å². The second-order valence-electron chi connectivity index (χ2n) is 7.55. The Morgan fingerprint density at radius 2 is 1.69 bits per heavy atom. The summed E-state index contributed by atoms with van der Waals surface area (Å²) in [5, 5.41) is 2.83. The van der Waals surface area contributed by atoms with Crippen LogP contribution < -0.4 is 10.2 Å². The number of amides is 3. The summed E-state index contributed by atoms with van der Waals surface area (Å²) >= 11 is 0. The van der Waals surface area contributed by atoms with E-state index in [1.54, 1.807) is 6.08 Å². The summed E-state index contributed by atoms with van der Waals surface area (Å²) in [5.41, 5.74) is 2.63. The van der Waals surface area contributed by atoms with Crippen molar-refractivity contribution in [3.63, 3.8) is 0 Å². The van der Waals surface area contributed by atoms with Crippen LogP contribution in [-0.4, -0.2) is 23.8 Å². The first-order chi connectivity index (χ1) is 13.9. The van der Waals surface area contributed by atoms with Gasteiger partial charge in [-0.25, -0.2) is 9.29 Å². The SMILES string of the molecule is Cc1cccc(C)c1N1C(=O)[C@H]2[C@H](NC(=O)c3ccc(F)cc3)C=CC[C@H]2C1=O. The number of imide groups is 1. The molecule has 6 heteroatoms. The highest BCUT2D eigenvalue weighted by Gasteiger charge is 2.52. The maximum atomic E-state index is 13.3. The minimum absolute atomic E-state index is 0.234. The van der Waals surface area contributed by atoms with E-state index in [2.05, 4.69) is 5.32 Å². The number of para-hydroxylation sites is 1. The number of fused-ring (bicyclic) bond motifs is 1. The molecular weight excluding hydrogens is 371 g/mol. The fraction of sp³-hybridized carbons (Fsp3) is 0.261. The van der Waals surface area contributed by atoms with Gasteiger partial charge in [0.15, 0.2) is 0 Å². The van der Waals surface area contributed by atoms with Crippen LogP contribution in [0.2, 0.25) is 0 Å². The summed E-state index contributed by atoms with van der Waals surface area (Å²) < 4.78 is 13.1. The molecule has 1 heterocycles. The molecular formula is C23H21FN2O3. The van der Waals surface area contributed by atoms with Gasteiger partial charge in [0.2, 0.25) is 11.8 Å². The van der Waals surface area contributed by atoms with Gasteiger partial charge in [-0.05, 0) is 55.7 Å². The van der Waals surface area contributed by atoms with Crippen molar-refractivity contribution >= 4 is 23.4 Å². The van der Waals surface area contributed by atoms with E-state index >= 15 is 0 Å². The van der Waals surface area contributed by atoms with Crippen molar-refractivity contribution < 1.29 is 18.8 Å². The van der Waals surface area contributed by atoms with Crippen LogP contribution in [0.25, 0.3) is 0 Å². The van der Waals surface area contributed by atoms with E-state index in [-0.39, 0.29) is 11.8 Å². The molecule has 3 amide bonds. The number of aryl methyl sites for hydroxylation is 2. The minimum Gasteiger partial charge on any atom is -0.345 e. The number of nitrogens with zero attached hydrogens (tertiary/aromatic N) is 1. The second-order valence-corrected chi connectivity index (χ2v) is 7.55. The molecule has 5 nitrogen and oxygen atoms in total. The third-order valence-electron chi connectivity index (χ3n) is 5.66. The molecule has 2 aromatic rings. The molecule has 0 saturated carbocycles. The van der Waals surface area contributed by atoms with Crippen molar-refractivity contribution in [1.82, 2.24) is 5.32 Å². The van der Waals surface area contributed by atoms with Gasteiger partial charge < -0.3 is 5.32 Å². The molecule has 2 aromatic carbocycles. The molecule has 0 radical (unpaired) electrons. The Kier molecular flexibility index (Phi) is 4.78. The first kappa shape index (κ1) is 19.1. The molecule has 1 fully saturated rings. The highest BCUT2D eigenvalue weighted by molar-refractivity contribution is 6.23. The predicted octanol–water partition coefficient (Wildman–Crippen LogP) is 3.31. The summed E-state index contributed by atoms with van der Waals surface area (Å²) in [7, 11) is 0. The van der Waals surface area contributed by atoms with Gasteiger partial charge in [-0.15, -0.1) is 0 Å². The zero-order valence-corrected chi connectivity index (χ0v) is 16.2. The molecule has 2 aliphatic rings. The van der Waals surface area contributed by atoms with Gasteiger partial charge in [0, 0.05) is 5.56 Å². The van der Waals surface area contributed by atoms with Crippen molar-refractivity contribution in [2.45, 2.75) is 26.3 Å². The molecule has 0 spiro atoms. The fourth-order valence-electron chi connectivity index (χ4n) is 4.24. The number of anilines is 1. The van der Waals surface area contributed by atoms with Gasteiger partial charge in [0.25, 0.3) is 5.91 Å². The van der Waals surface area contributed by atoms with Gasteiger partial charge in [0.05, 0.1) is 23.6 Å². The van der Waals surface area contributed by atoms with E-state index in [9.17, 15) is 18.8 Å². The highest BCUT2D eigenvalue weighted by atomic mass is 19.1. The average Bonchev–Trinajstić information content (AvgIpc) is 2.94. The minimum atomic E-state index is -0.657. The topological polar surface area (TPSA) is 66.5 Å². The molecule has 1 aliphatic carbocycles. The number of nitrogens with one attached hydrogen (secondary N) is 1. The van der Waals surface area contributed by atoms with Gasteiger partial charge >= 0.3 is 0 Å². The molecule has 0 unspecified atom stereocenters. The summed E-state index contributed by atoms with van der Waals surface area (Å²) in [6.45, 7) is 3.74. The summed E-state index contributed by atoms with van der Waals surface area (Å²) in [4.78, 5) is 40.3. The van der Waals surface area contributed by atoms with Gasteiger partial charge in [0.1, 0.15) is 5.82 Å². The van der Waals surface area contributed by atoms with Gasteiger partial charge in [-0.3, -0.25) is 14.4 Å². The molecule has 1 aliphatic heterocycles. The maximum absolute atomic E-state index is 13.3. The summed E-state index contributed by atoms with van der Waals surface area (Å²) in [6.07, 6.45) is 4.05. The number of benzene rings is 2. The number of carbonyl (C=O) groups is 3. The van der Waals surface area contributed by atoms with E-state index in [0.29, 0.717) is 17.7 Å². The smallest absolute Gasteiger partial charge is 0.251 e. The van der Waals surface area contributed by atoms with Crippen molar-refractivity contribution in [1.29, 1.82) is 0 Å². The lowest BCUT2D eigenvalue weighted by Crippen LogP contribution is -2.45. The number of rotatable bonds is 3. The van der Waals surface area contributed by atoms with Crippen molar-refractivity contribution in [3.05, 3.63) is 77.1 Å². The monoisotopic (exact) mass is 392 g/mol. The van der Waals surface area contributed by atoms with E-state index < -0.39 is 29.6 Å². The molecule has 29 heavy (non-hydrogen) atoms. The number of carbonyl (C=O) groups excluding carboxylic acids is 3. The number of hydrogen-bond acceptors (Lipinski definition) is 3. The predicted molar refractivity (Wildman–Crippen MR) is 107 cm³/mol. The van der Waals surface area contributed by atoms with Crippen LogP contribution in [0.1, 0.15) is 27.9 Å². The lowest BCUT2D eigenvalue weighted by atomic mass is 9.81. The second kappa shape index (κ2) is 7.28. The molecule has 1 N–H and O–H groups in total. The molecule has 3 atom stereocenters. The van der Waals surface area contributed by atoms with Crippen LogP contribution in [0.15, 0.2) is 54.6 Å². The molecule has 1 saturated heterocycles. The third-order valence-corrected chi connectivity index (χ3v) is 5.66. The molecule has 0 bridgehead atoms. The number of hydrogen-bond donors (Lipinski definition) is 1. The van der Waals surface area contributed by atoms with E-state index in [1.807, 2.05) is 38.1 Å². The average molecular weight is 392 g/mol. The van der Waals surface area contributed by atoms with Crippen LogP contribution in [0.4, 0.5) is 10.1 Å². The first-order valence-electron chi connectivity index (χ1n) is 9.55. The Hall–Kier alpha value is -3.28. The Balaban J connectivity index is 1.63. The third kappa shape index (κ3) is 3.24. The quantitative estimate of drug-likeness (QED) is 0.644. The van der Waals surface area contributed by atoms with Crippen LogP contribution >= 0.6 is 0 Å². The number of halogens is 1. The number of allylic oxidation sites excluding steroid dienone is 1. The van der Waals surface area contributed by atoms with Crippen LogP contribution in [0.5, 0.6) is 0 Å².